The number of esters is 3. The largest absolute Gasteiger partial charge is 0.435 e. The molecule has 0 spiro atoms. The molecule has 0 heterocycles. The van der Waals surface area contributed by atoms with Gasteiger partial charge in [-0.2, -0.15) is 0 Å². The fourth-order valence-electron chi connectivity index (χ4n) is 13.3. The number of fused-ring (bicyclic) bond motifs is 11. The van der Waals surface area contributed by atoms with E-state index in [-0.39, 0.29) is 35.2 Å². The van der Waals surface area contributed by atoms with Gasteiger partial charge in [0, 0.05) is 0 Å². The van der Waals surface area contributed by atoms with Crippen molar-refractivity contribution in [2.45, 2.75) is 96.3 Å². The number of carbonyl (C=O) groups is 3. The lowest BCUT2D eigenvalue weighted by atomic mass is 9.49. The maximum atomic E-state index is 12.0. The Labute approximate surface area is 263 Å². The van der Waals surface area contributed by atoms with Crippen LogP contribution in [-0.4, -0.2) is 17.9 Å². The fourth-order valence-corrected chi connectivity index (χ4v) is 13.3. The molecule has 10 bridgehead atoms. The second-order valence-electron chi connectivity index (χ2n) is 16.2. The van der Waals surface area contributed by atoms with Crippen LogP contribution in [0, 0.1) is 82.3 Å². The fraction of sp³-hybridized carbons (Fsp3) is 0.763. The summed E-state index contributed by atoms with van der Waals surface area (Å²) in [5.74, 6) is 9.41. The van der Waals surface area contributed by atoms with Crippen molar-refractivity contribution in [3.05, 3.63) is 38.5 Å². The van der Waals surface area contributed by atoms with Crippen LogP contribution in [0.3, 0.4) is 0 Å². The standard InChI is InChI=1S/C15H20O2.C13H18O2.C10H14O2/c1-2-17-15(16)12-7-10-6-11(12)14-9-4-3-8(5-9)13(10)14;1-2-15-12(14)13-6-9-3-10(7-13)5-11(4-9)8-13;1-2-12-10(11)9-6-7-3-4-8(9)5-7/h2,8-14H,1,3-7H2;2,9-11H,1,3-8H2;2,7-9H,1,3-6H2. The van der Waals surface area contributed by atoms with Gasteiger partial charge in [-0.25, -0.2) is 0 Å². The summed E-state index contributed by atoms with van der Waals surface area (Å²) in [6.45, 7) is 10.4. The quantitative estimate of drug-likeness (QED) is 0.132. The van der Waals surface area contributed by atoms with E-state index in [1.807, 2.05) is 0 Å². The molecule has 10 unspecified atom stereocenters. The molecule has 10 atom stereocenters. The average molecular weight is 605 g/mol. The molecule has 6 nitrogen and oxygen atoms in total. The molecule has 10 aliphatic rings. The summed E-state index contributed by atoms with van der Waals surface area (Å²) >= 11 is 0. The molecule has 0 N–H and O–H groups in total. The zero-order valence-electron chi connectivity index (χ0n) is 26.4. The summed E-state index contributed by atoms with van der Waals surface area (Å²) in [6.07, 6.45) is 22.8. The van der Waals surface area contributed by atoms with Crippen molar-refractivity contribution in [3.63, 3.8) is 0 Å². The lowest BCUT2D eigenvalue weighted by Gasteiger charge is -2.54. The van der Waals surface area contributed by atoms with Crippen LogP contribution in [0.25, 0.3) is 0 Å². The van der Waals surface area contributed by atoms with Crippen molar-refractivity contribution in [3.8, 4) is 0 Å². The van der Waals surface area contributed by atoms with Gasteiger partial charge in [0.25, 0.3) is 0 Å². The normalized spacial score (nSPS) is 47.0. The Morgan fingerprint density at radius 2 is 1.09 bits per heavy atom. The van der Waals surface area contributed by atoms with Crippen LogP contribution in [0.5, 0.6) is 0 Å². The maximum absolute atomic E-state index is 12.0. The van der Waals surface area contributed by atoms with Crippen molar-refractivity contribution in [2.24, 2.45) is 82.3 Å². The van der Waals surface area contributed by atoms with E-state index >= 15 is 0 Å². The maximum Gasteiger partial charge on any atom is 0.316 e. The third kappa shape index (κ3) is 5.30. The molecule has 10 saturated carbocycles. The number of hydrogen-bond donors (Lipinski definition) is 0. The van der Waals surface area contributed by atoms with E-state index < -0.39 is 0 Å². The van der Waals surface area contributed by atoms with E-state index in [2.05, 4.69) is 19.7 Å². The first-order valence-electron chi connectivity index (χ1n) is 17.8. The minimum absolute atomic E-state index is 0.00315. The van der Waals surface area contributed by atoms with Gasteiger partial charge < -0.3 is 14.2 Å². The second-order valence-corrected chi connectivity index (χ2v) is 16.2. The van der Waals surface area contributed by atoms with Crippen molar-refractivity contribution in [1.29, 1.82) is 0 Å². The first-order valence-corrected chi connectivity index (χ1v) is 17.8. The number of ether oxygens (including phenoxy) is 3. The first kappa shape index (κ1) is 30.3. The third-order valence-corrected chi connectivity index (χ3v) is 14.1. The van der Waals surface area contributed by atoms with E-state index in [1.165, 1.54) is 83.0 Å². The van der Waals surface area contributed by atoms with Crippen LogP contribution in [0.1, 0.15) is 96.3 Å². The van der Waals surface area contributed by atoms with E-state index in [9.17, 15) is 14.4 Å². The van der Waals surface area contributed by atoms with Gasteiger partial charge in [-0.15, -0.1) is 0 Å². The zero-order valence-corrected chi connectivity index (χ0v) is 26.4. The predicted molar refractivity (Wildman–Crippen MR) is 166 cm³/mol. The minimum atomic E-state index is -0.122. The Hall–Kier alpha value is -2.37. The summed E-state index contributed by atoms with van der Waals surface area (Å²) in [6, 6.07) is 0. The van der Waals surface area contributed by atoms with Gasteiger partial charge in [-0.1, -0.05) is 26.2 Å². The van der Waals surface area contributed by atoms with E-state index in [1.54, 1.807) is 0 Å². The van der Waals surface area contributed by atoms with Crippen LogP contribution in [0.15, 0.2) is 38.5 Å². The first-order chi connectivity index (χ1) is 21.3. The SMILES string of the molecule is C=COC(=O)C12CC3CC(CC(C3)C1)C2.C=COC(=O)C1CC2CC1C1C3CCC(C3)C21.C=COC(=O)C1CC2CCC1C2. The molecule has 44 heavy (non-hydrogen) atoms. The smallest absolute Gasteiger partial charge is 0.316 e. The molecule has 10 aliphatic carbocycles. The highest BCUT2D eigenvalue weighted by Crippen LogP contribution is 2.69. The van der Waals surface area contributed by atoms with Gasteiger partial charge in [0.1, 0.15) is 0 Å². The lowest BCUT2D eigenvalue weighted by molar-refractivity contribution is -0.165. The number of carbonyl (C=O) groups excluding carboxylic acids is 3. The van der Waals surface area contributed by atoms with Gasteiger partial charge >= 0.3 is 17.9 Å². The molecule has 0 amide bonds. The number of hydrogen-bond acceptors (Lipinski definition) is 6. The van der Waals surface area contributed by atoms with Gasteiger partial charge in [0.15, 0.2) is 0 Å². The molecule has 10 fully saturated rings. The molecule has 240 valence electrons. The molecule has 0 aliphatic heterocycles. The highest BCUT2D eigenvalue weighted by molar-refractivity contribution is 5.78. The summed E-state index contributed by atoms with van der Waals surface area (Å²) in [5, 5.41) is 0. The summed E-state index contributed by atoms with van der Waals surface area (Å²) in [4.78, 5) is 35.3. The third-order valence-electron chi connectivity index (χ3n) is 14.1. The van der Waals surface area contributed by atoms with E-state index in [0.29, 0.717) is 11.8 Å². The molecule has 0 aromatic carbocycles. The van der Waals surface area contributed by atoms with Gasteiger partial charge in [0.2, 0.25) is 0 Å². The Bertz CT molecular complexity index is 1140. The summed E-state index contributed by atoms with van der Waals surface area (Å²) in [5.41, 5.74) is -0.122. The Kier molecular flexibility index (Phi) is 8.33. The second kappa shape index (κ2) is 12.1. The monoisotopic (exact) mass is 604 g/mol. The van der Waals surface area contributed by atoms with Crippen molar-refractivity contribution in [2.75, 3.05) is 0 Å². The van der Waals surface area contributed by atoms with Crippen LogP contribution in [0.4, 0.5) is 0 Å². The number of rotatable bonds is 6. The zero-order chi connectivity index (χ0) is 30.6. The van der Waals surface area contributed by atoms with Crippen LogP contribution < -0.4 is 0 Å². The molecule has 6 heteroatoms. The molecule has 10 rings (SSSR count). The van der Waals surface area contributed by atoms with E-state index in [4.69, 9.17) is 14.2 Å². The molecule has 0 saturated heterocycles. The van der Waals surface area contributed by atoms with Crippen LogP contribution in [0.2, 0.25) is 0 Å². The summed E-state index contributed by atoms with van der Waals surface area (Å²) < 4.78 is 14.9. The predicted octanol–water partition coefficient (Wildman–Crippen LogP) is 7.99. The van der Waals surface area contributed by atoms with Gasteiger partial charge in [-0.3, -0.25) is 14.4 Å². The van der Waals surface area contributed by atoms with Crippen LogP contribution in [-0.2, 0) is 28.6 Å². The van der Waals surface area contributed by atoms with Crippen molar-refractivity contribution < 1.29 is 28.6 Å². The Morgan fingerprint density at radius 1 is 0.523 bits per heavy atom. The minimum Gasteiger partial charge on any atom is -0.435 e. The Balaban J connectivity index is 0.000000108. The molecule has 0 radical (unpaired) electrons. The molecule has 0 aromatic rings. The average Bonchev–Trinajstić information content (AvgIpc) is 3.86. The van der Waals surface area contributed by atoms with E-state index in [0.717, 1.165) is 85.4 Å². The highest BCUT2D eigenvalue weighted by Gasteiger charge is 2.63. The van der Waals surface area contributed by atoms with Crippen molar-refractivity contribution in [1.82, 2.24) is 0 Å². The molecular weight excluding hydrogens is 552 g/mol. The molecular formula is C38H52O6. The lowest BCUT2D eigenvalue weighted by Crippen LogP contribution is -2.50. The highest BCUT2D eigenvalue weighted by atomic mass is 16.5. The molecule has 0 aromatic heterocycles. The topological polar surface area (TPSA) is 78.9 Å². The van der Waals surface area contributed by atoms with Gasteiger partial charge in [-0.05, 0) is 155 Å². The van der Waals surface area contributed by atoms with Gasteiger partial charge in [0.05, 0.1) is 36.0 Å². The Morgan fingerprint density at radius 3 is 1.64 bits per heavy atom. The summed E-state index contributed by atoms with van der Waals surface area (Å²) in [7, 11) is 0. The van der Waals surface area contributed by atoms with Crippen molar-refractivity contribution >= 4 is 17.9 Å². The van der Waals surface area contributed by atoms with Crippen LogP contribution >= 0.6 is 0 Å².